The number of carbonyl (C=O) groups excluding carboxylic acids is 3. The standard InChI is InChI=1S/C17H19N5O3/c23-14(8-13-16(24)21-17(25)20-13)22-7-3-4-10(9-22)15-18-11-5-1-2-6-12(11)19-15/h1-2,5-6,10,13H,3-4,7-9H2,(H,18,19)(H2,20,21,24,25). The number of amides is 4. The fraction of sp³-hybridized carbons (Fsp3) is 0.412. The van der Waals surface area contributed by atoms with Gasteiger partial charge in [0.05, 0.1) is 17.5 Å². The van der Waals surface area contributed by atoms with Crippen molar-refractivity contribution in [3.05, 3.63) is 30.1 Å². The van der Waals surface area contributed by atoms with Gasteiger partial charge in [0.15, 0.2) is 0 Å². The van der Waals surface area contributed by atoms with Gasteiger partial charge in [0.25, 0.3) is 5.91 Å². The van der Waals surface area contributed by atoms with E-state index in [1.165, 1.54) is 0 Å². The van der Waals surface area contributed by atoms with Gasteiger partial charge in [-0.1, -0.05) is 12.1 Å². The average molecular weight is 341 g/mol. The summed E-state index contributed by atoms with van der Waals surface area (Å²) < 4.78 is 0. The van der Waals surface area contributed by atoms with Crippen LogP contribution in [0, 0.1) is 0 Å². The number of nitrogens with zero attached hydrogens (tertiary/aromatic N) is 2. The Labute approximate surface area is 144 Å². The van der Waals surface area contributed by atoms with E-state index in [9.17, 15) is 14.4 Å². The Morgan fingerprint density at radius 3 is 2.88 bits per heavy atom. The van der Waals surface area contributed by atoms with Crippen molar-refractivity contribution in [1.82, 2.24) is 25.5 Å². The molecule has 3 N–H and O–H groups in total. The Morgan fingerprint density at radius 1 is 1.28 bits per heavy atom. The van der Waals surface area contributed by atoms with Gasteiger partial charge in [0.2, 0.25) is 5.91 Å². The third-order valence-electron chi connectivity index (χ3n) is 4.81. The van der Waals surface area contributed by atoms with Crippen molar-refractivity contribution in [3.63, 3.8) is 0 Å². The zero-order valence-electron chi connectivity index (χ0n) is 13.6. The largest absolute Gasteiger partial charge is 0.342 e. The number of fused-ring (bicyclic) bond motifs is 1. The van der Waals surface area contributed by atoms with Crippen molar-refractivity contribution >= 4 is 28.9 Å². The molecular formula is C17H19N5O3. The van der Waals surface area contributed by atoms with Crippen molar-refractivity contribution in [2.45, 2.75) is 31.2 Å². The molecule has 4 amide bonds. The molecule has 2 atom stereocenters. The summed E-state index contributed by atoms with van der Waals surface area (Å²) in [6.07, 6.45) is 1.84. The van der Waals surface area contributed by atoms with Gasteiger partial charge >= 0.3 is 6.03 Å². The third kappa shape index (κ3) is 3.07. The van der Waals surface area contributed by atoms with Crippen LogP contribution in [0.25, 0.3) is 11.0 Å². The van der Waals surface area contributed by atoms with Crippen molar-refractivity contribution in [2.75, 3.05) is 13.1 Å². The summed E-state index contributed by atoms with van der Waals surface area (Å²) >= 11 is 0. The lowest BCUT2D eigenvalue weighted by molar-refractivity contribution is -0.135. The fourth-order valence-electron chi connectivity index (χ4n) is 3.50. The Morgan fingerprint density at radius 2 is 2.12 bits per heavy atom. The number of H-pyrrole nitrogens is 1. The number of likely N-dealkylation sites (tertiary alicyclic amines) is 1. The molecule has 0 saturated carbocycles. The van der Waals surface area contributed by atoms with E-state index >= 15 is 0 Å². The minimum absolute atomic E-state index is 0.00950. The molecule has 2 aliphatic heterocycles. The number of rotatable bonds is 3. The van der Waals surface area contributed by atoms with Crippen LogP contribution in [0.5, 0.6) is 0 Å². The van der Waals surface area contributed by atoms with E-state index in [2.05, 4.69) is 20.6 Å². The minimum Gasteiger partial charge on any atom is -0.342 e. The summed E-state index contributed by atoms with van der Waals surface area (Å²) in [4.78, 5) is 45.0. The number of aromatic nitrogens is 2. The lowest BCUT2D eigenvalue weighted by Gasteiger charge is -2.32. The Balaban J connectivity index is 1.44. The molecule has 2 saturated heterocycles. The summed E-state index contributed by atoms with van der Waals surface area (Å²) in [5, 5.41) is 4.62. The lowest BCUT2D eigenvalue weighted by Crippen LogP contribution is -2.43. The normalized spacial score (nSPS) is 23.6. The molecule has 4 rings (SSSR count). The van der Waals surface area contributed by atoms with E-state index in [0.717, 1.165) is 29.7 Å². The molecule has 2 unspecified atom stereocenters. The molecule has 3 heterocycles. The van der Waals surface area contributed by atoms with Gasteiger partial charge in [0.1, 0.15) is 11.9 Å². The number of imide groups is 1. The highest BCUT2D eigenvalue weighted by Gasteiger charge is 2.34. The summed E-state index contributed by atoms with van der Waals surface area (Å²) in [6.45, 7) is 1.23. The molecule has 130 valence electrons. The summed E-state index contributed by atoms with van der Waals surface area (Å²) in [7, 11) is 0. The number of hydrogen-bond donors (Lipinski definition) is 3. The predicted molar refractivity (Wildman–Crippen MR) is 89.7 cm³/mol. The van der Waals surface area contributed by atoms with Gasteiger partial charge in [-0.25, -0.2) is 9.78 Å². The van der Waals surface area contributed by atoms with Crippen LogP contribution < -0.4 is 10.6 Å². The van der Waals surface area contributed by atoms with Gasteiger partial charge in [-0.05, 0) is 25.0 Å². The second-order valence-electron chi connectivity index (χ2n) is 6.54. The van der Waals surface area contributed by atoms with Crippen molar-refractivity contribution < 1.29 is 14.4 Å². The molecule has 0 aliphatic carbocycles. The van der Waals surface area contributed by atoms with Gasteiger partial charge < -0.3 is 15.2 Å². The van der Waals surface area contributed by atoms with Crippen LogP contribution in [0.15, 0.2) is 24.3 Å². The number of aromatic amines is 1. The first-order chi connectivity index (χ1) is 12.1. The number of hydrogen-bond acceptors (Lipinski definition) is 4. The van der Waals surface area contributed by atoms with Crippen LogP contribution in [0.4, 0.5) is 4.79 Å². The molecule has 1 aromatic carbocycles. The van der Waals surface area contributed by atoms with Gasteiger partial charge in [-0.15, -0.1) is 0 Å². The topological polar surface area (TPSA) is 107 Å². The van der Waals surface area contributed by atoms with Gasteiger partial charge in [0, 0.05) is 19.0 Å². The Bertz CT molecular complexity index is 813. The average Bonchev–Trinajstić information content (AvgIpc) is 3.18. The van der Waals surface area contributed by atoms with Crippen LogP contribution in [-0.4, -0.2) is 51.8 Å². The SMILES string of the molecule is O=C1NC(=O)C(CC(=O)N2CCCC(c3nc4ccccc4[nH]3)C2)N1. The predicted octanol–water partition coefficient (Wildman–Crippen LogP) is 0.867. The molecule has 8 heteroatoms. The van der Waals surface area contributed by atoms with Crippen LogP contribution in [0.1, 0.15) is 31.0 Å². The number of nitrogens with one attached hydrogen (secondary N) is 3. The van der Waals surface area contributed by atoms with Crippen molar-refractivity contribution in [2.24, 2.45) is 0 Å². The first kappa shape index (κ1) is 15.6. The van der Waals surface area contributed by atoms with E-state index in [4.69, 9.17) is 0 Å². The number of carbonyl (C=O) groups is 3. The third-order valence-corrected chi connectivity index (χ3v) is 4.81. The number of imidazole rings is 1. The van der Waals surface area contributed by atoms with E-state index in [-0.39, 0.29) is 18.2 Å². The fourth-order valence-corrected chi connectivity index (χ4v) is 3.50. The van der Waals surface area contributed by atoms with Crippen LogP contribution >= 0.6 is 0 Å². The van der Waals surface area contributed by atoms with Gasteiger partial charge in [-0.2, -0.15) is 0 Å². The maximum Gasteiger partial charge on any atom is 0.322 e. The van der Waals surface area contributed by atoms with Crippen molar-refractivity contribution in [1.29, 1.82) is 0 Å². The zero-order valence-corrected chi connectivity index (χ0v) is 13.6. The van der Waals surface area contributed by atoms with Crippen LogP contribution in [0.2, 0.25) is 0 Å². The Hall–Kier alpha value is -2.90. The second-order valence-corrected chi connectivity index (χ2v) is 6.54. The highest BCUT2D eigenvalue weighted by atomic mass is 16.2. The molecule has 1 aromatic heterocycles. The van der Waals surface area contributed by atoms with Crippen LogP contribution in [0.3, 0.4) is 0 Å². The van der Waals surface area contributed by atoms with E-state index in [1.54, 1.807) is 4.90 Å². The maximum atomic E-state index is 12.5. The summed E-state index contributed by atoms with van der Waals surface area (Å²) in [5.74, 6) is 0.482. The Kier molecular flexibility index (Phi) is 3.87. The van der Waals surface area contributed by atoms with E-state index in [0.29, 0.717) is 13.1 Å². The highest BCUT2D eigenvalue weighted by Crippen LogP contribution is 2.27. The molecule has 2 aliphatic rings. The molecule has 0 spiro atoms. The van der Waals surface area contributed by atoms with Crippen LogP contribution in [-0.2, 0) is 9.59 Å². The molecule has 8 nitrogen and oxygen atoms in total. The number of para-hydroxylation sites is 2. The van der Waals surface area contributed by atoms with E-state index < -0.39 is 18.0 Å². The molecule has 2 aromatic rings. The molecular weight excluding hydrogens is 322 g/mol. The molecule has 0 bridgehead atoms. The first-order valence-corrected chi connectivity index (χ1v) is 8.44. The van der Waals surface area contributed by atoms with E-state index in [1.807, 2.05) is 24.3 Å². The second kappa shape index (κ2) is 6.19. The summed E-state index contributed by atoms with van der Waals surface area (Å²) in [6, 6.07) is 6.54. The maximum absolute atomic E-state index is 12.5. The first-order valence-electron chi connectivity index (χ1n) is 8.44. The smallest absolute Gasteiger partial charge is 0.322 e. The summed E-state index contributed by atoms with van der Waals surface area (Å²) in [5.41, 5.74) is 1.91. The number of piperidine rings is 1. The van der Waals surface area contributed by atoms with Crippen molar-refractivity contribution in [3.8, 4) is 0 Å². The number of urea groups is 1. The molecule has 2 fully saturated rings. The lowest BCUT2D eigenvalue weighted by atomic mass is 9.97. The minimum atomic E-state index is -0.772. The quantitative estimate of drug-likeness (QED) is 0.720. The molecule has 0 radical (unpaired) electrons. The monoisotopic (exact) mass is 341 g/mol. The highest BCUT2D eigenvalue weighted by molar-refractivity contribution is 6.05. The zero-order chi connectivity index (χ0) is 17.4. The van der Waals surface area contributed by atoms with Gasteiger partial charge in [-0.3, -0.25) is 14.9 Å². The number of benzene rings is 1. The molecule has 25 heavy (non-hydrogen) atoms.